The van der Waals surface area contributed by atoms with Gasteiger partial charge in [-0.3, -0.25) is 14.9 Å². The van der Waals surface area contributed by atoms with E-state index in [0.29, 0.717) is 25.0 Å². The summed E-state index contributed by atoms with van der Waals surface area (Å²) in [6.07, 6.45) is 1.17. The number of nitro benzene ring substituents is 1. The lowest BCUT2D eigenvalue weighted by Gasteiger charge is -2.33. The number of benzene rings is 1. The first kappa shape index (κ1) is 14.4. The zero-order valence-electron chi connectivity index (χ0n) is 10.7. The molecule has 20 heavy (non-hydrogen) atoms. The number of hydrogen-bond acceptors (Lipinski definition) is 4. The Kier molecular flexibility index (Phi) is 3.99. The number of rotatable bonds is 4. The molecule has 1 fully saturated rings. The summed E-state index contributed by atoms with van der Waals surface area (Å²) < 4.78 is 18.8. The van der Waals surface area contributed by atoms with Gasteiger partial charge in [-0.15, -0.1) is 0 Å². The minimum absolute atomic E-state index is 0.0704. The molecule has 6 nitrogen and oxygen atoms in total. The van der Waals surface area contributed by atoms with Crippen LogP contribution in [0.15, 0.2) is 18.2 Å². The van der Waals surface area contributed by atoms with Gasteiger partial charge in [-0.25, -0.2) is 0 Å². The van der Waals surface area contributed by atoms with Crippen molar-refractivity contribution in [3.8, 4) is 0 Å². The van der Waals surface area contributed by atoms with E-state index in [2.05, 4.69) is 0 Å². The van der Waals surface area contributed by atoms with Crippen LogP contribution in [0.2, 0.25) is 0 Å². The molecule has 7 heteroatoms. The Morgan fingerprint density at radius 3 is 2.80 bits per heavy atom. The minimum atomic E-state index is -1.08. The summed E-state index contributed by atoms with van der Waals surface area (Å²) in [5.74, 6) is -1.94. The van der Waals surface area contributed by atoms with Gasteiger partial charge < -0.3 is 9.84 Å². The molecule has 0 amide bonds. The summed E-state index contributed by atoms with van der Waals surface area (Å²) >= 11 is 0. The van der Waals surface area contributed by atoms with E-state index in [1.165, 1.54) is 6.07 Å². The number of hydrogen-bond donors (Lipinski definition) is 1. The predicted octanol–water partition coefficient (Wildman–Crippen LogP) is 2.16. The highest BCUT2D eigenvalue weighted by atomic mass is 19.1. The quantitative estimate of drug-likeness (QED) is 0.675. The Bertz CT molecular complexity index is 540. The van der Waals surface area contributed by atoms with Crippen LogP contribution in [-0.4, -0.2) is 29.2 Å². The van der Waals surface area contributed by atoms with Crippen LogP contribution in [0.3, 0.4) is 0 Å². The molecule has 1 aromatic rings. The highest BCUT2D eigenvalue weighted by Crippen LogP contribution is 2.33. The van der Waals surface area contributed by atoms with Gasteiger partial charge in [0.15, 0.2) is 0 Å². The largest absolute Gasteiger partial charge is 0.481 e. The Morgan fingerprint density at radius 2 is 2.30 bits per heavy atom. The number of carboxylic acid groups (broad SMARTS) is 1. The van der Waals surface area contributed by atoms with Gasteiger partial charge in [0, 0.05) is 12.7 Å². The topological polar surface area (TPSA) is 89.7 Å². The number of nitrogens with zero attached hydrogens (tertiary/aromatic N) is 1. The average Bonchev–Trinajstić information content (AvgIpc) is 2.39. The first-order valence-corrected chi connectivity index (χ1v) is 6.19. The van der Waals surface area contributed by atoms with Gasteiger partial charge in [0.05, 0.1) is 16.9 Å². The Morgan fingerprint density at radius 1 is 1.55 bits per heavy atom. The van der Waals surface area contributed by atoms with E-state index in [1.54, 1.807) is 0 Å². The number of carboxylic acids is 1. The summed E-state index contributed by atoms with van der Waals surface area (Å²) in [5.41, 5.74) is -1.28. The molecule has 1 aliphatic heterocycles. The summed E-state index contributed by atoms with van der Waals surface area (Å²) in [7, 11) is 0. The van der Waals surface area contributed by atoms with E-state index < -0.39 is 27.8 Å². The van der Waals surface area contributed by atoms with Gasteiger partial charge in [-0.05, 0) is 30.9 Å². The monoisotopic (exact) mass is 283 g/mol. The molecule has 2 rings (SSSR count). The molecule has 0 spiro atoms. The maximum absolute atomic E-state index is 13.6. The van der Waals surface area contributed by atoms with E-state index in [4.69, 9.17) is 4.74 Å². The van der Waals surface area contributed by atoms with E-state index in [-0.39, 0.29) is 13.0 Å². The molecule has 1 atom stereocenters. The summed E-state index contributed by atoms with van der Waals surface area (Å²) in [6.45, 7) is 0.588. The van der Waals surface area contributed by atoms with Gasteiger partial charge in [0.2, 0.25) is 5.82 Å². The fourth-order valence-electron chi connectivity index (χ4n) is 2.44. The summed E-state index contributed by atoms with van der Waals surface area (Å²) in [6, 6.07) is 3.47. The lowest BCUT2D eigenvalue weighted by Crippen LogP contribution is -2.41. The van der Waals surface area contributed by atoms with Crippen molar-refractivity contribution in [2.24, 2.45) is 5.41 Å². The van der Waals surface area contributed by atoms with Crippen LogP contribution in [0.4, 0.5) is 10.1 Å². The van der Waals surface area contributed by atoms with Crippen LogP contribution >= 0.6 is 0 Å². The number of aliphatic carboxylic acids is 1. The predicted molar refractivity (Wildman–Crippen MR) is 66.9 cm³/mol. The van der Waals surface area contributed by atoms with Crippen LogP contribution in [0.25, 0.3) is 0 Å². The van der Waals surface area contributed by atoms with Gasteiger partial charge in [0.1, 0.15) is 0 Å². The molecule has 1 aliphatic rings. The molecule has 0 aliphatic carbocycles. The van der Waals surface area contributed by atoms with Gasteiger partial charge >= 0.3 is 11.7 Å². The van der Waals surface area contributed by atoms with Crippen molar-refractivity contribution in [1.82, 2.24) is 0 Å². The van der Waals surface area contributed by atoms with E-state index in [1.807, 2.05) is 0 Å². The van der Waals surface area contributed by atoms with Crippen molar-refractivity contribution in [3.05, 3.63) is 39.7 Å². The van der Waals surface area contributed by atoms with Crippen LogP contribution in [0.5, 0.6) is 0 Å². The maximum atomic E-state index is 13.6. The van der Waals surface area contributed by atoms with Crippen molar-refractivity contribution in [3.63, 3.8) is 0 Å². The van der Waals surface area contributed by atoms with Crippen molar-refractivity contribution >= 4 is 11.7 Å². The minimum Gasteiger partial charge on any atom is -0.481 e. The summed E-state index contributed by atoms with van der Waals surface area (Å²) in [5, 5.41) is 19.9. The van der Waals surface area contributed by atoms with Crippen LogP contribution < -0.4 is 0 Å². The van der Waals surface area contributed by atoms with Crippen LogP contribution in [-0.2, 0) is 16.0 Å². The third kappa shape index (κ3) is 2.77. The molecule has 0 saturated carbocycles. The molecule has 1 aromatic carbocycles. The van der Waals surface area contributed by atoms with Crippen molar-refractivity contribution in [2.75, 3.05) is 13.2 Å². The molecule has 0 aromatic heterocycles. The van der Waals surface area contributed by atoms with E-state index in [0.717, 1.165) is 12.1 Å². The normalized spacial score (nSPS) is 22.4. The molecule has 1 unspecified atom stereocenters. The third-order valence-corrected chi connectivity index (χ3v) is 3.53. The SMILES string of the molecule is O=C(O)C1(Cc2ccc([N+](=O)[O-])c(F)c2)CCCOC1. The van der Waals surface area contributed by atoms with Gasteiger partial charge in [0.25, 0.3) is 0 Å². The van der Waals surface area contributed by atoms with E-state index >= 15 is 0 Å². The van der Waals surface area contributed by atoms with E-state index in [9.17, 15) is 24.4 Å². The number of carbonyl (C=O) groups is 1. The van der Waals surface area contributed by atoms with Crippen molar-refractivity contribution in [1.29, 1.82) is 0 Å². The van der Waals surface area contributed by atoms with Crippen molar-refractivity contribution in [2.45, 2.75) is 19.3 Å². The third-order valence-electron chi connectivity index (χ3n) is 3.53. The fraction of sp³-hybridized carbons (Fsp3) is 0.462. The zero-order valence-corrected chi connectivity index (χ0v) is 10.7. The van der Waals surface area contributed by atoms with Crippen molar-refractivity contribution < 1.29 is 24.0 Å². The highest BCUT2D eigenvalue weighted by molar-refractivity contribution is 5.75. The zero-order chi connectivity index (χ0) is 14.8. The standard InChI is InChI=1S/C13H14FNO5/c14-10-6-9(2-3-11(10)15(18)19)7-13(12(16)17)4-1-5-20-8-13/h2-3,6H,1,4-5,7-8H2,(H,16,17). The molecular weight excluding hydrogens is 269 g/mol. The maximum Gasteiger partial charge on any atom is 0.312 e. The lowest BCUT2D eigenvalue weighted by molar-refractivity contribution is -0.387. The fourth-order valence-corrected chi connectivity index (χ4v) is 2.44. The van der Waals surface area contributed by atoms with Crippen LogP contribution in [0.1, 0.15) is 18.4 Å². The van der Waals surface area contributed by atoms with Gasteiger partial charge in [-0.2, -0.15) is 4.39 Å². The Hall–Kier alpha value is -2.02. The Balaban J connectivity index is 2.25. The molecule has 108 valence electrons. The second-order valence-corrected chi connectivity index (χ2v) is 4.96. The molecule has 1 N–H and O–H groups in total. The Labute approximate surface area is 114 Å². The van der Waals surface area contributed by atoms with Gasteiger partial charge in [-0.1, -0.05) is 6.07 Å². The highest BCUT2D eigenvalue weighted by Gasteiger charge is 2.40. The molecule has 0 bridgehead atoms. The number of halogens is 1. The average molecular weight is 283 g/mol. The molecular formula is C13H14FNO5. The van der Waals surface area contributed by atoms with Crippen LogP contribution in [0, 0.1) is 21.3 Å². The molecule has 1 saturated heterocycles. The smallest absolute Gasteiger partial charge is 0.312 e. The first-order valence-electron chi connectivity index (χ1n) is 6.19. The first-order chi connectivity index (χ1) is 9.44. The number of nitro groups is 1. The second kappa shape index (κ2) is 5.54. The summed E-state index contributed by atoms with van der Waals surface area (Å²) in [4.78, 5) is 21.2. The molecule has 0 radical (unpaired) electrons. The number of ether oxygens (including phenoxy) is 1. The second-order valence-electron chi connectivity index (χ2n) is 4.96. The lowest BCUT2D eigenvalue weighted by atomic mass is 9.77. The molecule has 1 heterocycles.